The first-order chi connectivity index (χ1) is 9.81. The summed E-state index contributed by atoms with van der Waals surface area (Å²) in [5, 5.41) is 1.15. The Bertz CT molecular complexity index is 591. The van der Waals surface area contributed by atoms with Gasteiger partial charge in [-0.2, -0.15) is 0 Å². The molecule has 21 heavy (non-hydrogen) atoms. The van der Waals surface area contributed by atoms with Crippen molar-refractivity contribution in [1.29, 1.82) is 0 Å². The third-order valence-corrected chi connectivity index (χ3v) is 4.91. The number of thiazole rings is 1. The molecular formula is C18H26N2S. The van der Waals surface area contributed by atoms with Crippen molar-refractivity contribution in [3.8, 4) is 0 Å². The maximum Gasteiger partial charge on any atom is 0.0949 e. The molecule has 0 radical (unpaired) electrons. The van der Waals surface area contributed by atoms with E-state index in [4.69, 9.17) is 5.73 Å². The Morgan fingerprint density at radius 1 is 1.19 bits per heavy atom. The summed E-state index contributed by atoms with van der Waals surface area (Å²) >= 11 is 1.78. The number of aromatic nitrogens is 1. The van der Waals surface area contributed by atoms with Crippen LogP contribution >= 0.6 is 11.3 Å². The molecular weight excluding hydrogens is 276 g/mol. The average molecular weight is 302 g/mol. The van der Waals surface area contributed by atoms with Gasteiger partial charge in [-0.3, -0.25) is 0 Å². The Hall–Kier alpha value is -1.19. The van der Waals surface area contributed by atoms with Gasteiger partial charge < -0.3 is 5.73 Å². The fourth-order valence-corrected chi connectivity index (χ4v) is 3.52. The number of nitrogens with zero attached hydrogens (tertiary/aromatic N) is 1. The van der Waals surface area contributed by atoms with Crippen LogP contribution in [0.4, 0.5) is 0 Å². The van der Waals surface area contributed by atoms with Gasteiger partial charge >= 0.3 is 0 Å². The predicted molar refractivity (Wildman–Crippen MR) is 92.0 cm³/mol. The third-order valence-electron chi connectivity index (χ3n) is 3.87. The van der Waals surface area contributed by atoms with Crippen LogP contribution in [-0.2, 0) is 18.3 Å². The highest BCUT2D eigenvalue weighted by molar-refractivity contribution is 7.11. The molecule has 0 saturated heterocycles. The molecule has 0 aliphatic heterocycles. The monoisotopic (exact) mass is 302 g/mol. The molecule has 0 saturated carbocycles. The Labute approximate surface area is 132 Å². The largest absolute Gasteiger partial charge is 0.324 e. The lowest BCUT2D eigenvalue weighted by atomic mass is 9.86. The van der Waals surface area contributed by atoms with E-state index in [1.165, 1.54) is 21.7 Å². The molecule has 0 fully saturated rings. The first kappa shape index (κ1) is 16.2. The zero-order valence-electron chi connectivity index (χ0n) is 13.7. The summed E-state index contributed by atoms with van der Waals surface area (Å²) in [7, 11) is 0. The van der Waals surface area contributed by atoms with Crippen LogP contribution in [0.15, 0.2) is 24.3 Å². The summed E-state index contributed by atoms with van der Waals surface area (Å²) in [5.74, 6) is 0. The van der Waals surface area contributed by atoms with E-state index in [-0.39, 0.29) is 11.5 Å². The molecule has 0 bridgehead atoms. The zero-order chi connectivity index (χ0) is 15.6. The second-order valence-corrected chi connectivity index (χ2v) is 7.93. The molecule has 114 valence electrons. The van der Waals surface area contributed by atoms with Gasteiger partial charge in [-0.15, -0.1) is 11.3 Å². The molecule has 2 aromatic rings. The van der Waals surface area contributed by atoms with E-state index in [1.807, 2.05) is 0 Å². The average Bonchev–Trinajstić information content (AvgIpc) is 2.78. The number of nitrogens with two attached hydrogens (primary N) is 1. The number of hydrogen-bond donors (Lipinski definition) is 1. The third kappa shape index (κ3) is 3.92. The maximum absolute atomic E-state index is 6.35. The lowest BCUT2D eigenvalue weighted by molar-refractivity contribution is 0.589. The van der Waals surface area contributed by atoms with Gasteiger partial charge in [-0.1, -0.05) is 52.0 Å². The summed E-state index contributed by atoms with van der Waals surface area (Å²) in [6.07, 6.45) is 1.82. The molecule has 3 heteroatoms. The van der Waals surface area contributed by atoms with Crippen LogP contribution in [0, 0.1) is 6.92 Å². The van der Waals surface area contributed by atoms with Crippen molar-refractivity contribution in [2.24, 2.45) is 5.73 Å². The summed E-state index contributed by atoms with van der Waals surface area (Å²) in [6.45, 7) is 11.0. The van der Waals surface area contributed by atoms with Crippen molar-refractivity contribution in [3.05, 3.63) is 51.0 Å². The highest BCUT2D eigenvalue weighted by Crippen LogP contribution is 2.26. The van der Waals surface area contributed by atoms with E-state index in [0.717, 1.165) is 17.8 Å². The first-order valence-corrected chi connectivity index (χ1v) is 8.44. The summed E-state index contributed by atoms with van der Waals surface area (Å²) in [5.41, 5.74) is 10.3. The van der Waals surface area contributed by atoms with Crippen molar-refractivity contribution < 1.29 is 0 Å². The van der Waals surface area contributed by atoms with E-state index in [1.54, 1.807) is 11.3 Å². The molecule has 2 nitrogen and oxygen atoms in total. The molecule has 0 aliphatic carbocycles. The minimum absolute atomic E-state index is 0.0225. The standard InChI is InChI=1S/C18H26N2S/c1-6-16-12(2)21-17(20-16)11-15(19)13-7-9-14(10-8-13)18(3,4)5/h7-10,15H,6,11,19H2,1-5H3. The van der Waals surface area contributed by atoms with Gasteiger partial charge in [0.2, 0.25) is 0 Å². The Morgan fingerprint density at radius 2 is 1.81 bits per heavy atom. The number of rotatable bonds is 4. The topological polar surface area (TPSA) is 38.9 Å². The van der Waals surface area contributed by atoms with Crippen molar-refractivity contribution >= 4 is 11.3 Å². The van der Waals surface area contributed by atoms with Crippen LogP contribution in [0.5, 0.6) is 0 Å². The highest BCUT2D eigenvalue weighted by Gasteiger charge is 2.15. The molecule has 1 atom stereocenters. The van der Waals surface area contributed by atoms with Crippen LogP contribution in [0.1, 0.15) is 60.4 Å². The molecule has 1 unspecified atom stereocenters. The zero-order valence-corrected chi connectivity index (χ0v) is 14.6. The van der Waals surface area contributed by atoms with Gasteiger partial charge in [-0.05, 0) is 29.9 Å². The summed E-state index contributed by atoms with van der Waals surface area (Å²) < 4.78 is 0. The SMILES string of the molecule is CCc1nc(CC(N)c2ccc(C(C)(C)C)cc2)sc1C. The molecule has 2 N–H and O–H groups in total. The van der Waals surface area contributed by atoms with Gasteiger partial charge in [-0.25, -0.2) is 4.98 Å². The molecule has 1 aromatic carbocycles. The normalized spacial score (nSPS) is 13.4. The van der Waals surface area contributed by atoms with Gasteiger partial charge in [0.05, 0.1) is 10.7 Å². The van der Waals surface area contributed by atoms with E-state index in [9.17, 15) is 0 Å². The molecule has 0 amide bonds. The second kappa shape index (κ2) is 6.29. The van der Waals surface area contributed by atoms with Crippen LogP contribution < -0.4 is 5.73 Å². The van der Waals surface area contributed by atoms with Crippen molar-refractivity contribution in [1.82, 2.24) is 4.98 Å². The minimum atomic E-state index is 0.0225. The van der Waals surface area contributed by atoms with Crippen LogP contribution in [0.25, 0.3) is 0 Å². The lowest BCUT2D eigenvalue weighted by Crippen LogP contribution is -2.15. The molecule has 2 rings (SSSR count). The number of benzene rings is 1. The van der Waals surface area contributed by atoms with E-state index >= 15 is 0 Å². The van der Waals surface area contributed by atoms with Crippen molar-refractivity contribution in [3.63, 3.8) is 0 Å². The Balaban J connectivity index is 2.11. The molecule has 1 aromatic heterocycles. The highest BCUT2D eigenvalue weighted by atomic mass is 32.1. The van der Waals surface area contributed by atoms with Gasteiger partial charge in [0, 0.05) is 17.3 Å². The smallest absolute Gasteiger partial charge is 0.0949 e. The van der Waals surface area contributed by atoms with Crippen LogP contribution in [-0.4, -0.2) is 4.98 Å². The summed E-state index contributed by atoms with van der Waals surface area (Å²) in [4.78, 5) is 6.01. The Morgan fingerprint density at radius 3 is 2.29 bits per heavy atom. The van der Waals surface area contributed by atoms with Gasteiger partial charge in [0.1, 0.15) is 0 Å². The number of aryl methyl sites for hydroxylation is 2. The quantitative estimate of drug-likeness (QED) is 0.899. The van der Waals surface area contributed by atoms with Gasteiger partial charge in [0.25, 0.3) is 0 Å². The minimum Gasteiger partial charge on any atom is -0.324 e. The van der Waals surface area contributed by atoms with Crippen molar-refractivity contribution in [2.75, 3.05) is 0 Å². The lowest BCUT2D eigenvalue weighted by Gasteiger charge is -2.20. The fraction of sp³-hybridized carbons (Fsp3) is 0.500. The van der Waals surface area contributed by atoms with E-state index in [0.29, 0.717) is 0 Å². The van der Waals surface area contributed by atoms with Crippen LogP contribution in [0.2, 0.25) is 0 Å². The molecule has 0 aliphatic rings. The predicted octanol–water partition coefficient (Wildman–Crippen LogP) is 4.55. The van der Waals surface area contributed by atoms with E-state index in [2.05, 4.69) is 63.9 Å². The fourth-order valence-electron chi connectivity index (χ4n) is 2.44. The van der Waals surface area contributed by atoms with Crippen molar-refractivity contribution in [2.45, 2.75) is 58.9 Å². The van der Waals surface area contributed by atoms with Gasteiger partial charge in [0.15, 0.2) is 0 Å². The Kier molecular flexibility index (Phi) is 4.84. The molecule has 1 heterocycles. The van der Waals surface area contributed by atoms with E-state index < -0.39 is 0 Å². The summed E-state index contributed by atoms with van der Waals surface area (Å²) in [6, 6.07) is 8.73. The van der Waals surface area contributed by atoms with Crippen LogP contribution in [0.3, 0.4) is 0 Å². The number of hydrogen-bond acceptors (Lipinski definition) is 3. The molecule has 0 spiro atoms. The second-order valence-electron chi connectivity index (χ2n) is 6.65. The maximum atomic E-state index is 6.35. The first-order valence-electron chi connectivity index (χ1n) is 7.62.